The summed E-state index contributed by atoms with van der Waals surface area (Å²) in [5.41, 5.74) is 1.72. The summed E-state index contributed by atoms with van der Waals surface area (Å²) >= 11 is 0. The number of aliphatic hydroxyl groups is 1. The van der Waals surface area contributed by atoms with Crippen molar-refractivity contribution in [2.45, 2.75) is 52.4 Å². The molecule has 1 fully saturated rings. The molecule has 2 heterocycles. The smallest absolute Gasteiger partial charge is 0.399 e. The lowest BCUT2D eigenvalue weighted by atomic mass is 9.75. The van der Waals surface area contributed by atoms with E-state index < -0.39 is 7.12 Å². The molecule has 1 saturated heterocycles. The highest BCUT2D eigenvalue weighted by Crippen LogP contribution is 2.36. The van der Waals surface area contributed by atoms with E-state index in [1.165, 1.54) is 0 Å². The Hall–Kier alpha value is -0.905. The molecule has 5 heteroatoms. The predicted octanol–water partition coefficient (Wildman–Crippen LogP) is 1.18. The topological polar surface area (TPSA) is 51.6 Å². The molecule has 0 amide bonds. The van der Waals surface area contributed by atoms with E-state index in [0.717, 1.165) is 11.0 Å². The van der Waals surface area contributed by atoms with Gasteiger partial charge in [-0.25, -0.2) is 0 Å². The monoisotopic (exact) mass is 249 g/mol. The van der Waals surface area contributed by atoms with Crippen molar-refractivity contribution in [2.75, 3.05) is 0 Å². The molecule has 0 bridgehead atoms. The van der Waals surface area contributed by atoms with E-state index in [-0.39, 0.29) is 17.8 Å². The standard InChI is InChI=1S/C13H20BNO3/c1-9-6-7-15-10(8-16)11(9)14-17-12(2,3)13(4,5)18-14/h6-7,16H,8H2,1-5H3. The molecule has 1 aliphatic heterocycles. The number of hydrogen-bond donors (Lipinski definition) is 1. The van der Waals surface area contributed by atoms with E-state index in [1.54, 1.807) is 6.20 Å². The highest BCUT2D eigenvalue weighted by Gasteiger charge is 2.52. The van der Waals surface area contributed by atoms with Gasteiger partial charge in [-0.05, 0) is 46.2 Å². The number of aryl methyl sites for hydroxylation is 1. The second-order valence-electron chi connectivity index (χ2n) is 5.73. The zero-order chi connectivity index (χ0) is 13.6. The van der Waals surface area contributed by atoms with E-state index >= 15 is 0 Å². The Labute approximate surface area is 108 Å². The van der Waals surface area contributed by atoms with Crippen LogP contribution < -0.4 is 5.46 Å². The fourth-order valence-corrected chi connectivity index (χ4v) is 2.03. The number of rotatable bonds is 2. The fourth-order valence-electron chi connectivity index (χ4n) is 2.03. The van der Waals surface area contributed by atoms with Crippen LogP contribution >= 0.6 is 0 Å². The number of pyridine rings is 1. The van der Waals surface area contributed by atoms with Gasteiger partial charge in [0.15, 0.2) is 0 Å². The second-order valence-corrected chi connectivity index (χ2v) is 5.73. The van der Waals surface area contributed by atoms with Crippen molar-refractivity contribution in [3.63, 3.8) is 0 Å². The lowest BCUT2D eigenvalue weighted by Gasteiger charge is -2.32. The van der Waals surface area contributed by atoms with Gasteiger partial charge < -0.3 is 14.4 Å². The Kier molecular flexibility index (Phi) is 3.26. The van der Waals surface area contributed by atoms with Crippen LogP contribution in [-0.2, 0) is 15.9 Å². The molecule has 0 radical (unpaired) electrons. The first-order chi connectivity index (χ1) is 8.28. The average Bonchev–Trinajstić information content (AvgIpc) is 2.47. The SMILES string of the molecule is Cc1ccnc(CO)c1B1OC(C)(C)C(C)(C)O1. The Morgan fingerprint density at radius 1 is 1.22 bits per heavy atom. The summed E-state index contributed by atoms with van der Waals surface area (Å²) in [6.07, 6.45) is 1.69. The first kappa shape index (κ1) is 13.5. The van der Waals surface area contributed by atoms with Crippen LogP contribution in [0.15, 0.2) is 12.3 Å². The van der Waals surface area contributed by atoms with Gasteiger partial charge in [-0.2, -0.15) is 0 Å². The molecule has 1 N–H and O–H groups in total. The Morgan fingerprint density at radius 3 is 2.28 bits per heavy atom. The van der Waals surface area contributed by atoms with Crippen LogP contribution in [-0.4, -0.2) is 28.4 Å². The van der Waals surface area contributed by atoms with Gasteiger partial charge in [0.05, 0.1) is 23.5 Å². The summed E-state index contributed by atoms with van der Waals surface area (Å²) in [6, 6.07) is 1.90. The van der Waals surface area contributed by atoms with E-state index in [4.69, 9.17) is 9.31 Å². The molecule has 0 unspecified atom stereocenters. The van der Waals surface area contributed by atoms with Crippen LogP contribution in [0.25, 0.3) is 0 Å². The first-order valence-corrected chi connectivity index (χ1v) is 6.19. The van der Waals surface area contributed by atoms with Crippen LogP contribution in [0.5, 0.6) is 0 Å². The van der Waals surface area contributed by atoms with Crippen molar-refractivity contribution < 1.29 is 14.4 Å². The third kappa shape index (κ3) is 2.07. The molecule has 0 aromatic carbocycles. The summed E-state index contributed by atoms with van der Waals surface area (Å²) in [4.78, 5) is 4.19. The zero-order valence-electron chi connectivity index (χ0n) is 11.7. The molecule has 0 saturated carbocycles. The maximum absolute atomic E-state index is 9.39. The van der Waals surface area contributed by atoms with Crippen LogP contribution in [0.2, 0.25) is 0 Å². The number of hydrogen-bond acceptors (Lipinski definition) is 4. The highest BCUT2D eigenvalue weighted by atomic mass is 16.7. The molecule has 2 rings (SSSR count). The summed E-state index contributed by atoms with van der Waals surface area (Å²) in [5, 5.41) is 9.39. The molecule has 1 aliphatic rings. The molecule has 98 valence electrons. The van der Waals surface area contributed by atoms with E-state index in [0.29, 0.717) is 5.69 Å². The van der Waals surface area contributed by atoms with Crippen LogP contribution in [0.1, 0.15) is 39.0 Å². The van der Waals surface area contributed by atoms with Crippen molar-refractivity contribution >= 4 is 12.6 Å². The maximum atomic E-state index is 9.39. The Balaban J connectivity index is 2.41. The Bertz CT molecular complexity index is 444. The third-order valence-corrected chi connectivity index (χ3v) is 3.93. The Morgan fingerprint density at radius 2 is 1.78 bits per heavy atom. The predicted molar refractivity (Wildman–Crippen MR) is 70.6 cm³/mol. The summed E-state index contributed by atoms with van der Waals surface area (Å²) < 4.78 is 12.0. The fraction of sp³-hybridized carbons (Fsp3) is 0.615. The second kappa shape index (κ2) is 4.33. The van der Waals surface area contributed by atoms with Crippen molar-refractivity contribution in [3.8, 4) is 0 Å². The number of aliphatic hydroxyl groups excluding tert-OH is 1. The molecule has 0 atom stereocenters. The van der Waals surface area contributed by atoms with E-state index in [1.807, 2.05) is 40.7 Å². The van der Waals surface area contributed by atoms with Crippen molar-refractivity contribution in [2.24, 2.45) is 0 Å². The van der Waals surface area contributed by atoms with Gasteiger partial charge in [0, 0.05) is 11.7 Å². The lowest BCUT2D eigenvalue weighted by molar-refractivity contribution is 0.00578. The number of nitrogens with zero attached hydrogens (tertiary/aromatic N) is 1. The molecule has 4 nitrogen and oxygen atoms in total. The van der Waals surface area contributed by atoms with Gasteiger partial charge in [-0.15, -0.1) is 0 Å². The average molecular weight is 249 g/mol. The minimum atomic E-state index is -0.467. The summed E-state index contributed by atoms with van der Waals surface area (Å²) in [5.74, 6) is 0. The first-order valence-electron chi connectivity index (χ1n) is 6.19. The summed E-state index contributed by atoms with van der Waals surface area (Å²) in [7, 11) is -0.467. The van der Waals surface area contributed by atoms with Gasteiger partial charge in [0.25, 0.3) is 0 Å². The van der Waals surface area contributed by atoms with Gasteiger partial charge in [-0.3, -0.25) is 4.98 Å². The van der Waals surface area contributed by atoms with E-state index in [9.17, 15) is 5.11 Å². The van der Waals surface area contributed by atoms with E-state index in [2.05, 4.69) is 4.98 Å². The van der Waals surface area contributed by atoms with Crippen molar-refractivity contribution in [3.05, 3.63) is 23.5 Å². The van der Waals surface area contributed by atoms with Crippen molar-refractivity contribution in [1.82, 2.24) is 4.98 Å². The lowest BCUT2D eigenvalue weighted by Crippen LogP contribution is -2.41. The van der Waals surface area contributed by atoms with Crippen LogP contribution in [0.4, 0.5) is 0 Å². The molecule has 0 aliphatic carbocycles. The normalized spacial score (nSPS) is 21.3. The molecular weight excluding hydrogens is 229 g/mol. The zero-order valence-corrected chi connectivity index (χ0v) is 11.7. The minimum Gasteiger partial charge on any atom is -0.399 e. The van der Waals surface area contributed by atoms with Crippen molar-refractivity contribution in [1.29, 1.82) is 0 Å². The maximum Gasteiger partial charge on any atom is 0.497 e. The molecule has 1 aromatic rings. The highest BCUT2D eigenvalue weighted by molar-refractivity contribution is 6.63. The van der Waals surface area contributed by atoms with Gasteiger partial charge in [-0.1, -0.05) is 0 Å². The molecule has 18 heavy (non-hydrogen) atoms. The number of aromatic nitrogens is 1. The van der Waals surface area contributed by atoms with Gasteiger partial charge >= 0.3 is 7.12 Å². The largest absolute Gasteiger partial charge is 0.497 e. The minimum absolute atomic E-state index is 0.110. The van der Waals surface area contributed by atoms with Crippen LogP contribution in [0.3, 0.4) is 0 Å². The molecule has 1 aromatic heterocycles. The van der Waals surface area contributed by atoms with Gasteiger partial charge in [0.1, 0.15) is 0 Å². The third-order valence-electron chi connectivity index (χ3n) is 3.93. The molecular formula is C13H20BNO3. The summed E-state index contributed by atoms with van der Waals surface area (Å²) in [6.45, 7) is 9.91. The quantitative estimate of drug-likeness (QED) is 0.799. The van der Waals surface area contributed by atoms with Gasteiger partial charge in [0.2, 0.25) is 0 Å². The molecule has 0 spiro atoms. The van der Waals surface area contributed by atoms with Crippen LogP contribution in [0, 0.1) is 6.92 Å².